The molecular weight excluding hydrogens is 426 g/mol. The van der Waals surface area contributed by atoms with Crippen LogP contribution < -0.4 is 15.5 Å². The Morgan fingerprint density at radius 1 is 0.882 bits per heavy atom. The highest BCUT2D eigenvalue weighted by Crippen LogP contribution is 2.21. The van der Waals surface area contributed by atoms with Crippen LogP contribution in [0.3, 0.4) is 0 Å². The number of carbonyl (C=O) groups is 2. The van der Waals surface area contributed by atoms with Gasteiger partial charge in [0.2, 0.25) is 0 Å². The summed E-state index contributed by atoms with van der Waals surface area (Å²) in [5.74, 6) is -0.160. The van der Waals surface area contributed by atoms with Gasteiger partial charge in [-0.25, -0.2) is 5.43 Å². The number of hydrazone groups is 1. The SMILES string of the molecule is COc1ccc(/C=C(/NC(=O)c2ccccc2)C(=O)NN=C2CCCCc3ccccc32)cc1. The summed E-state index contributed by atoms with van der Waals surface area (Å²) in [6.45, 7) is 0. The average Bonchev–Trinajstić information content (AvgIpc) is 3.10. The summed E-state index contributed by atoms with van der Waals surface area (Å²) >= 11 is 0. The molecule has 3 aromatic rings. The van der Waals surface area contributed by atoms with Gasteiger partial charge >= 0.3 is 0 Å². The highest BCUT2D eigenvalue weighted by atomic mass is 16.5. The zero-order chi connectivity index (χ0) is 23.8. The first-order chi connectivity index (χ1) is 16.6. The average molecular weight is 454 g/mol. The molecule has 3 aromatic carbocycles. The molecule has 0 atom stereocenters. The second-order valence-electron chi connectivity index (χ2n) is 8.02. The highest BCUT2D eigenvalue weighted by molar-refractivity contribution is 6.07. The topological polar surface area (TPSA) is 79.8 Å². The van der Waals surface area contributed by atoms with Crippen LogP contribution in [0.15, 0.2) is 89.7 Å². The summed E-state index contributed by atoms with van der Waals surface area (Å²) in [6, 6.07) is 24.1. The van der Waals surface area contributed by atoms with Crippen LogP contribution in [0.1, 0.15) is 46.3 Å². The van der Waals surface area contributed by atoms with Gasteiger partial charge in [-0.05, 0) is 67.2 Å². The van der Waals surface area contributed by atoms with Gasteiger partial charge in [-0.2, -0.15) is 5.10 Å². The van der Waals surface area contributed by atoms with Gasteiger partial charge in [-0.15, -0.1) is 0 Å². The molecular formula is C28H27N3O3. The van der Waals surface area contributed by atoms with Gasteiger partial charge in [-0.3, -0.25) is 9.59 Å². The third-order valence-corrected chi connectivity index (χ3v) is 5.69. The monoisotopic (exact) mass is 453 g/mol. The fourth-order valence-electron chi connectivity index (χ4n) is 3.87. The molecule has 0 spiro atoms. The van der Waals surface area contributed by atoms with Gasteiger partial charge in [0.05, 0.1) is 12.8 Å². The van der Waals surface area contributed by atoms with Crippen LogP contribution in [0.4, 0.5) is 0 Å². The largest absolute Gasteiger partial charge is 0.497 e. The number of benzene rings is 3. The zero-order valence-electron chi connectivity index (χ0n) is 19.1. The molecule has 0 radical (unpaired) electrons. The van der Waals surface area contributed by atoms with Gasteiger partial charge in [0.1, 0.15) is 11.4 Å². The van der Waals surface area contributed by atoms with E-state index in [0.717, 1.165) is 42.5 Å². The third kappa shape index (κ3) is 5.78. The molecule has 6 heteroatoms. The molecule has 0 bridgehead atoms. The Kier molecular flexibility index (Phi) is 7.50. The molecule has 1 aliphatic carbocycles. The maximum Gasteiger partial charge on any atom is 0.287 e. The lowest BCUT2D eigenvalue weighted by Gasteiger charge is -2.11. The number of nitrogens with zero attached hydrogens (tertiary/aromatic N) is 1. The van der Waals surface area contributed by atoms with Crippen molar-refractivity contribution in [1.82, 2.24) is 10.7 Å². The molecule has 6 nitrogen and oxygen atoms in total. The normalized spacial score (nSPS) is 14.6. The van der Waals surface area contributed by atoms with Gasteiger partial charge in [0.25, 0.3) is 11.8 Å². The summed E-state index contributed by atoms with van der Waals surface area (Å²) in [6.07, 6.45) is 5.49. The van der Waals surface area contributed by atoms with Crippen molar-refractivity contribution in [3.05, 3.63) is 107 Å². The van der Waals surface area contributed by atoms with Crippen molar-refractivity contribution in [2.45, 2.75) is 25.7 Å². The number of hydrogen-bond donors (Lipinski definition) is 2. The zero-order valence-corrected chi connectivity index (χ0v) is 19.1. The molecule has 0 unspecified atom stereocenters. The van der Waals surface area contributed by atoms with E-state index in [1.165, 1.54) is 5.56 Å². The fourth-order valence-corrected chi connectivity index (χ4v) is 3.87. The molecule has 0 saturated carbocycles. The molecule has 0 fully saturated rings. The van der Waals surface area contributed by atoms with Crippen LogP contribution in [-0.2, 0) is 11.2 Å². The molecule has 172 valence electrons. The Labute approximate surface area is 199 Å². The number of carbonyl (C=O) groups excluding carboxylic acids is 2. The molecule has 4 rings (SSSR count). The molecule has 2 N–H and O–H groups in total. The Morgan fingerprint density at radius 2 is 1.59 bits per heavy atom. The van der Waals surface area contributed by atoms with E-state index in [1.807, 2.05) is 36.4 Å². The maximum atomic E-state index is 13.2. The first-order valence-corrected chi connectivity index (χ1v) is 11.3. The van der Waals surface area contributed by atoms with Crippen LogP contribution in [-0.4, -0.2) is 24.6 Å². The molecule has 0 saturated heterocycles. The number of hydrogen-bond acceptors (Lipinski definition) is 4. The van der Waals surface area contributed by atoms with Crippen LogP contribution in [0, 0.1) is 0 Å². The van der Waals surface area contributed by atoms with Crippen molar-refractivity contribution >= 4 is 23.6 Å². The minimum atomic E-state index is -0.491. The van der Waals surface area contributed by atoms with Crippen LogP contribution in [0.2, 0.25) is 0 Å². The van der Waals surface area contributed by atoms with E-state index in [-0.39, 0.29) is 11.6 Å². The summed E-state index contributed by atoms with van der Waals surface area (Å²) in [4.78, 5) is 25.9. The first kappa shape index (κ1) is 23.0. The fraction of sp³-hybridized carbons (Fsp3) is 0.179. The summed E-state index contributed by atoms with van der Waals surface area (Å²) in [5, 5.41) is 7.20. The van der Waals surface area contributed by atoms with Crippen LogP contribution >= 0.6 is 0 Å². The lowest BCUT2D eigenvalue weighted by molar-refractivity contribution is -0.117. The van der Waals surface area contributed by atoms with Crippen molar-refractivity contribution in [1.29, 1.82) is 0 Å². The van der Waals surface area contributed by atoms with Crippen LogP contribution in [0.5, 0.6) is 5.75 Å². The van der Waals surface area contributed by atoms with Crippen molar-refractivity contribution in [3.8, 4) is 5.75 Å². The van der Waals surface area contributed by atoms with Crippen molar-refractivity contribution in [2.75, 3.05) is 7.11 Å². The number of nitrogens with one attached hydrogen (secondary N) is 2. The first-order valence-electron chi connectivity index (χ1n) is 11.3. The van der Waals surface area contributed by atoms with Gasteiger partial charge in [-0.1, -0.05) is 54.6 Å². The van der Waals surface area contributed by atoms with E-state index in [2.05, 4.69) is 21.9 Å². The Balaban J connectivity index is 1.60. The Morgan fingerprint density at radius 3 is 2.35 bits per heavy atom. The van der Waals surface area contributed by atoms with Crippen molar-refractivity contribution in [3.63, 3.8) is 0 Å². The smallest absolute Gasteiger partial charge is 0.287 e. The van der Waals surface area contributed by atoms with Gasteiger partial charge in [0, 0.05) is 11.1 Å². The molecule has 1 aliphatic rings. The van der Waals surface area contributed by atoms with E-state index in [4.69, 9.17) is 4.74 Å². The lowest BCUT2D eigenvalue weighted by Crippen LogP contribution is -2.33. The quantitative estimate of drug-likeness (QED) is 0.322. The minimum Gasteiger partial charge on any atom is -0.497 e. The maximum absolute atomic E-state index is 13.2. The summed E-state index contributed by atoms with van der Waals surface area (Å²) in [7, 11) is 1.59. The van der Waals surface area contributed by atoms with Crippen LogP contribution in [0.25, 0.3) is 6.08 Å². The van der Waals surface area contributed by atoms with E-state index in [1.54, 1.807) is 49.6 Å². The second-order valence-corrected chi connectivity index (χ2v) is 8.02. The summed E-state index contributed by atoms with van der Waals surface area (Å²) in [5.41, 5.74) is 7.11. The molecule has 2 amide bonds. The molecule has 0 aromatic heterocycles. The predicted octanol–water partition coefficient (Wildman–Crippen LogP) is 4.71. The second kappa shape index (κ2) is 11.1. The Hall–Kier alpha value is -4.19. The van der Waals surface area contributed by atoms with E-state index < -0.39 is 5.91 Å². The molecule has 34 heavy (non-hydrogen) atoms. The van der Waals surface area contributed by atoms with E-state index in [0.29, 0.717) is 11.3 Å². The minimum absolute atomic E-state index is 0.102. The number of fused-ring (bicyclic) bond motifs is 1. The summed E-state index contributed by atoms with van der Waals surface area (Å²) < 4.78 is 5.20. The number of aryl methyl sites for hydroxylation is 1. The number of ether oxygens (including phenoxy) is 1. The number of amides is 2. The Bertz CT molecular complexity index is 1220. The van der Waals surface area contributed by atoms with Crippen molar-refractivity contribution in [2.24, 2.45) is 5.10 Å². The number of rotatable bonds is 6. The lowest BCUT2D eigenvalue weighted by atomic mass is 10.0. The van der Waals surface area contributed by atoms with Gasteiger partial charge < -0.3 is 10.1 Å². The predicted molar refractivity (Wildman–Crippen MR) is 134 cm³/mol. The molecule has 0 heterocycles. The van der Waals surface area contributed by atoms with Gasteiger partial charge in [0.15, 0.2) is 0 Å². The third-order valence-electron chi connectivity index (χ3n) is 5.69. The standard InChI is InChI=1S/C28H27N3O3/c1-34-23-17-15-20(16-18-23)19-26(29-27(32)22-11-3-2-4-12-22)28(33)31-30-25-14-8-6-10-21-9-5-7-13-24(21)25/h2-5,7,9,11-13,15-19H,6,8,10,14H2,1H3,(H,29,32)(H,31,33)/b26-19+,30-25?. The molecule has 0 aliphatic heterocycles. The van der Waals surface area contributed by atoms with E-state index >= 15 is 0 Å². The highest BCUT2D eigenvalue weighted by Gasteiger charge is 2.17. The van der Waals surface area contributed by atoms with E-state index in [9.17, 15) is 9.59 Å². The number of methoxy groups -OCH3 is 1. The van der Waals surface area contributed by atoms with Crippen molar-refractivity contribution < 1.29 is 14.3 Å².